The SMILES string of the molecule is Cc1ccc(F)c(C(=O)N2CCN(c3ncccc3NC(=O)c3ccc4c(c3)OCO4)CC2)c1F. The van der Waals surface area contributed by atoms with Gasteiger partial charge in [-0.2, -0.15) is 0 Å². The number of hydrogen-bond acceptors (Lipinski definition) is 6. The van der Waals surface area contributed by atoms with E-state index in [-0.39, 0.29) is 31.4 Å². The number of anilines is 2. The number of aromatic nitrogens is 1. The van der Waals surface area contributed by atoms with Gasteiger partial charge in [-0.1, -0.05) is 6.07 Å². The molecule has 8 nitrogen and oxygen atoms in total. The number of hydrogen-bond donors (Lipinski definition) is 1. The fourth-order valence-corrected chi connectivity index (χ4v) is 4.11. The van der Waals surface area contributed by atoms with Crippen LogP contribution in [-0.4, -0.2) is 54.7 Å². The molecule has 1 saturated heterocycles. The number of benzene rings is 2. The van der Waals surface area contributed by atoms with Crippen LogP contribution < -0.4 is 19.7 Å². The van der Waals surface area contributed by atoms with Crippen LogP contribution in [0.2, 0.25) is 0 Å². The number of nitrogens with one attached hydrogen (secondary N) is 1. The van der Waals surface area contributed by atoms with Crippen molar-refractivity contribution in [2.45, 2.75) is 6.92 Å². The van der Waals surface area contributed by atoms with E-state index >= 15 is 0 Å². The second-order valence-electron chi connectivity index (χ2n) is 8.23. The maximum absolute atomic E-state index is 14.4. The molecule has 3 heterocycles. The Morgan fingerprint density at radius 3 is 2.57 bits per heavy atom. The Balaban J connectivity index is 1.28. The second-order valence-corrected chi connectivity index (χ2v) is 8.23. The first-order valence-electron chi connectivity index (χ1n) is 11.1. The maximum atomic E-state index is 14.4. The van der Waals surface area contributed by atoms with Crippen molar-refractivity contribution in [1.82, 2.24) is 9.88 Å². The number of ether oxygens (including phenoxy) is 2. The predicted octanol–water partition coefficient (Wildman–Crippen LogP) is 3.61. The van der Waals surface area contributed by atoms with Gasteiger partial charge < -0.3 is 24.6 Å². The van der Waals surface area contributed by atoms with Crippen LogP contribution in [0.15, 0.2) is 48.7 Å². The third kappa shape index (κ3) is 4.34. The van der Waals surface area contributed by atoms with Gasteiger partial charge in [0.1, 0.15) is 17.2 Å². The minimum atomic E-state index is -0.876. The molecular weight excluding hydrogens is 458 g/mol. The maximum Gasteiger partial charge on any atom is 0.259 e. The topological polar surface area (TPSA) is 84.0 Å². The van der Waals surface area contributed by atoms with Crippen molar-refractivity contribution < 1.29 is 27.8 Å². The Morgan fingerprint density at radius 1 is 1.00 bits per heavy atom. The van der Waals surface area contributed by atoms with Crippen molar-refractivity contribution in [3.8, 4) is 11.5 Å². The molecule has 0 radical (unpaired) electrons. The Morgan fingerprint density at radius 2 is 1.77 bits per heavy atom. The summed E-state index contributed by atoms with van der Waals surface area (Å²) in [7, 11) is 0. The smallest absolute Gasteiger partial charge is 0.259 e. The van der Waals surface area contributed by atoms with E-state index in [9.17, 15) is 18.4 Å². The molecule has 0 spiro atoms. The third-order valence-electron chi connectivity index (χ3n) is 6.03. The summed E-state index contributed by atoms with van der Waals surface area (Å²) >= 11 is 0. The highest BCUT2D eigenvalue weighted by Crippen LogP contribution is 2.33. The number of pyridine rings is 1. The molecule has 1 fully saturated rings. The van der Waals surface area contributed by atoms with Crippen LogP contribution in [-0.2, 0) is 0 Å². The summed E-state index contributed by atoms with van der Waals surface area (Å²) in [6.07, 6.45) is 1.61. The molecule has 2 aliphatic rings. The lowest BCUT2D eigenvalue weighted by atomic mass is 10.1. The second kappa shape index (κ2) is 9.21. The summed E-state index contributed by atoms with van der Waals surface area (Å²) in [5.41, 5.74) is 0.588. The quantitative estimate of drug-likeness (QED) is 0.614. The summed E-state index contributed by atoms with van der Waals surface area (Å²) in [6.45, 7) is 2.86. The number of fused-ring (bicyclic) bond motifs is 1. The fourth-order valence-electron chi connectivity index (χ4n) is 4.11. The molecule has 1 N–H and O–H groups in total. The molecule has 0 saturated carbocycles. The Hall–Kier alpha value is -4.21. The van der Waals surface area contributed by atoms with Gasteiger partial charge in [0.15, 0.2) is 17.3 Å². The van der Waals surface area contributed by atoms with Crippen molar-refractivity contribution in [3.05, 3.63) is 77.0 Å². The van der Waals surface area contributed by atoms with Gasteiger partial charge in [-0.15, -0.1) is 0 Å². The minimum Gasteiger partial charge on any atom is -0.454 e. The number of carbonyl (C=O) groups is 2. The highest BCUT2D eigenvalue weighted by atomic mass is 19.1. The van der Waals surface area contributed by atoms with Crippen LogP contribution in [0, 0.1) is 18.6 Å². The van der Waals surface area contributed by atoms with E-state index in [0.717, 1.165) is 6.07 Å². The molecule has 1 aromatic heterocycles. The molecule has 0 bridgehead atoms. The average Bonchev–Trinajstić information content (AvgIpc) is 3.35. The molecule has 0 aliphatic carbocycles. The third-order valence-corrected chi connectivity index (χ3v) is 6.03. The summed E-state index contributed by atoms with van der Waals surface area (Å²) in [4.78, 5) is 33.4. The molecule has 10 heteroatoms. The number of rotatable bonds is 4. The largest absolute Gasteiger partial charge is 0.454 e. The van der Waals surface area contributed by atoms with E-state index in [2.05, 4.69) is 10.3 Å². The van der Waals surface area contributed by atoms with Crippen LogP contribution in [0.1, 0.15) is 26.3 Å². The van der Waals surface area contributed by atoms with Gasteiger partial charge in [0.25, 0.3) is 11.8 Å². The standard InChI is InChI=1S/C25H22F2N4O4/c1-15-4-6-17(26)21(22(15)27)25(33)31-11-9-30(10-12-31)23-18(3-2-8-28-23)29-24(32)16-5-7-19-20(13-16)35-14-34-19/h2-8,13H,9-12,14H2,1H3,(H,29,32). The Bertz CT molecular complexity index is 1310. The van der Waals surface area contributed by atoms with Crippen LogP contribution in [0.25, 0.3) is 0 Å². The lowest BCUT2D eigenvalue weighted by Crippen LogP contribution is -2.49. The fraction of sp³-hybridized carbons (Fsp3) is 0.240. The van der Waals surface area contributed by atoms with E-state index in [0.29, 0.717) is 41.7 Å². The van der Waals surface area contributed by atoms with Crippen LogP contribution >= 0.6 is 0 Å². The van der Waals surface area contributed by atoms with Crippen LogP contribution in [0.5, 0.6) is 11.5 Å². The van der Waals surface area contributed by atoms with Crippen LogP contribution in [0.3, 0.4) is 0 Å². The number of halogens is 2. The van der Waals surface area contributed by atoms with Crippen molar-refractivity contribution in [3.63, 3.8) is 0 Å². The normalized spacial score (nSPS) is 14.7. The Labute approximate surface area is 200 Å². The number of nitrogens with zero attached hydrogens (tertiary/aromatic N) is 3. The molecule has 2 aliphatic heterocycles. The zero-order valence-corrected chi connectivity index (χ0v) is 18.9. The summed E-state index contributed by atoms with van der Waals surface area (Å²) in [5, 5.41) is 2.88. The molecule has 3 aromatic rings. The molecule has 0 atom stereocenters. The van der Waals surface area contributed by atoms with E-state index in [1.807, 2.05) is 4.90 Å². The highest BCUT2D eigenvalue weighted by molar-refractivity contribution is 6.06. The van der Waals surface area contributed by atoms with Gasteiger partial charge in [0, 0.05) is 37.9 Å². The van der Waals surface area contributed by atoms with Crippen molar-refractivity contribution in [2.75, 3.05) is 43.2 Å². The van der Waals surface area contributed by atoms with Gasteiger partial charge in [-0.05, 0) is 48.9 Å². The monoisotopic (exact) mass is 480 g/mol. The summed E-state index contributed by atoms with van der Waals surface area (Å²) in [6, 6.07) is 10.8. The lowest BCUT2D eigenvalue weighted by Gasteiger charge is -2.36. The zero-order chi connectivity index (χ0) is 24.5. The highest BCUT2D eigenvalue weighted by Gasteiger charge is 2.28. The molecule has 2 aromatic carbocycles. The minimum absolute atomic E-state index is 0.116. The van der Waals surface area contributed by atoms with E-state index in [1.54, 1.807) is 36.5 Å². The van der Waals surface area contributed by atoms with Crippen molar-refractivity contribution in [2.24, 2.45) is 0 Å². The molecule has 180 valence electrons. The predicted molar refractivity (Wildman–Crippen MR) is 124 cm³/mol. The van der Waals surface area contributed by atoms with E-state index < -0.39 is 23.1 Å². The van der Waals surface area contributed by atoms with Gasteiger partial charge in [0.05, 0.1) is 5.69 Å². The van der Waals surface area contributed by atoms with E-state index in [1.165, 1.54) is 17.9 Å². The van der Waals surface area contributed by atoms with Crippen LogP contribution in [0.4, 0.5) is 20.3 Å². The molecule has 35 heavy (non-hydrogen) atoms. The number of amides is 2. The zero-order valence-electron chi connectivity index (χ0n) is 18.9. The van der Waals surface area contributed by atoms with Gasteiger partial charge in [-0.25, -0.2) is 13.8 Å². The number of aryl methyl sites for hydroxylation is 1. The van der Waals surface area contributed by atoms with Crippen molar-refractivity contribution in [1.29, 1.82) is 0 Å². The number of piperazine rings is 1. The molecular formula is C25H22F2N4O4. The van der Waals surface area contributed by atoms with E-state index in [4.69, 9.17) is 9.47 Å². The first-order valence-corrected chi connectivity index (χ1v) is 11.1. The average molecular weight is 480 g/mol. The summed E-state index contributed by atoms with van der Waals surface area (Å²) in [5.74, 6) is -1.10. The first-order chi connectivity index (χ1) is 16.9. The molecule has 2 amide bonds. The first kappa shape index (κ1) is 22.6. The Kier molecular flexibility index (Phi) is 5.94. The number of carbonyl (C=O) groups excluding carboxylic acids is 2. The van der Waals surface area contributed by atoms with Gasteiger partial charge in [-0.3, -0.25) is 9.59 Å². The molecule has 5 rings (SSSR count). The lowest BCUT2D eigenvalue weighted by molar-refractivity contribution is 0.0736. The molecule has 0 unspecified atom stereocenters. The van der Waals surface area contributed by atoms with Gasteiger partial charge in [0.2, 0.25) is 6.79 Å². The van der Waals surface area contributed by atoms with Gasteiger partial charge >= 0.3 is 0 Å². The summed E-state index contributed by atoms with van der Waals surface area (Å²) < 4.78 is 39.3. The van der Waals surface area contributed by atoms with Crippen molar-refractivity contribution >= 4 is 23.3 Å².